The highest BCUT2D eigenvalue weighted by Gasteiger charge is 2.68. The van der Waals surface area contributed by atoms with Gasteiger partial charge in [0.1, 0.15) is 5.82 Å². The number of rotatable bonds is 4. The maximum atomic E-state index is 13.4. The molecule has 0 radical (unpaired) electrons. The van der Waals surface area contributed by atoms with E-state index in [1.54, 1.807) is 24.3 Å². The summed E-state index contributed by atoms with van der Waals surface area (Å²) in [5, 5.41) is 9.74. The molecule has 2 aliphatic rings. The number of nitrogens with one attached hydrogen (secondary N) is 2. The molecule has 5 nitrogen and oxygen atoms in total. The first kappa shape index (κ1) is 16.2. The van der Waals surface area contributed by atoms with E-state index in [1.807, 2.05) is 6.92 Å². The van der Waals surface area contributed by atoms with Crippen molar-refractivity contribution in [3.05, 3.63) is 35.7 Å². The molecule has 1 aromatic carbocycles. The molecule has 7 heteroatoms. The summed E-state index contributed by atoms with van der Waals surface area (Å²) in [6, 6.07) is 7.05. The van der Waals surface area contributed by atoms with Gasteiger partial charge in [0.15, 0.2) is 5.82 Å². The van der Waals surface area contributed by atoms with Crippen molar-refractivity contribution < 1.29 is 13.6 Å². The number of carbonyl (C=O) groups is 1. The Morgan fingerprint density at radius 1 is 1.28 bits per heavy atom. The van der Waals surface area contributed by atoms with Gasteiger partial charge >= 0.3 is 0 Å². The third kappa shape index (κ3) is 3.03. The summed E-state index contributed by atoms with van der Waals surface area (Å²) in [5.74, 6) is -2.05. The van der Waals surface area contributed by atoms with Gasteiger partial charge in [-0.2, -0.15) is 5.10 Å². The molecule has 0 aliphatic heterocycles. The number of carbonyl (C=O) groups excluding carboxylic acids is 1. The molecule has 3 unspecified atom stereocenters. The van der Waals surface area contributed by atoms with Gasteiger partial charge in [-0.25, -0.2) is 13.8 Å². The number of fused-ring (bicyclic) bond motifs is 1. The Morgan fingerprint density at radius 2 is 2.04 bits per heavy atom. The second-order valence-corrected chi connectivity index (χ2v) is 7.10. The van der Waals surface area contributed by atoms with Gasteiger partial charge in [-0.15, -0.1) is 0 Å². The van der Waals surface area contributed by atoms with E-state index < -0.39 is 17.8 Å². The zero-order valence-corrected chi connectivity index (χ0v) is 13.9. The van der Waals surface area contributed by atoms with Crippen molar-refractivity contribution in [1.29, 1.82) is 0 Å². The molecular weight excluding hydrogens is 326 g/mol. The predicted molar refractivity (Wildman–Crippen MR) is 88.2 cm³/mol. The van der Waals surface area contributed by atoms with Crippen LogP contribution in [0.15, 0.2) is 24.3 Å². The Bertz CT molecular complexity index is 787. The lowest BCUT2D eigenvalue weighted by atomic mass is 9.89. The molecule has 2 saturated carbocycles. The number of alkyl halides is 2. The lowest BCUT2D eigenvalue weighted by Crippen LogP contribution is -2.30. The Balaban J connectivity index is 1.32. The van der Waals surface area contributed by atoms with E-state index in [2.05, 4.69) is 20.5 Å². The molecule has 1 heterocycles. The number of aromatic amines is 1. The maximum absolute atomic E-state index is 13.4. The molecular formula is C18H20F2N4O. The summed E-state index contributed by atoms with van der Waals surface area (Å²) in [7, 11) is 0. The van der Waals surface area contributed by atoms with E-state index in [9.17, 15) is 13.6 Å². The van der Waals surface area contributed by atoms with Crippen LogP contribution in [0.25, 0.3) is 11.4 Å². The number of halogens is 2. The zero-order valence-electron chi connectivity index (χ0n) is 13.9. The van der Waals surface area contributed by atoms with Crippen LogP contribution in [0.1, 0.15) is 35.4 Å². The van der Waals surface area contributed by atoms with Crippen LogP contribution in [0, 0.1) is 24.7 Å². The first-order chi connectivity index (χ1) is 11.9. The van der Waals surface area contributed by atoms with Gasteiger partial charge in [-0.05, 0) is 44.2 Å². The number of aryl methyl sites for hydroxylation is 1. The quantitative estimate of drug-likeness (QED) is 0.893. The normalized spacial score (nSPS) is 26.8. The lowest BCUT2D eigenvalue weighted by molar-refractivity contribution is 0.0842. The third-order valence-corrected chi connectivity index (χ3v) is 5.39. The van der Waals surface area contributed by atoms with Crippen LogP contribution in [-0.2, 0) is 0 Å². The van der Waals surface area contributed by atoms with Crippen LogP contribution in [0.4, 0.5) is 8.78 Å². The monoisotopic (exact) mass is 346 g/mol. The van der Waals surface area contributed by atoms with Gasteiger partial charge in [0.2, 0.25) is 0 Å². The van der Waals surface area contributed by atoms with E-state index in [0.717, 1.165) is 17.8 Å². The summed E-state index contributed by atoms with van der Waals surface area (Å²) in [5.41, 5.74) is 1.37. The molecule has 2 N–H and O–H groups in total. The highest BCUT2D eigenvalue weighted by atomic mass is 19.3. The number of aromatic nitrogens is 3. The molecule has 1 aromatic heterocycles. The van der Waals surface area contributed by atoms with E-state index in [1.165, 1.54) is 0 Å². The summed E-state index contributed by atoms with van der Waals surface area (Å²) < 4.78 is 26.8. The highest BCUT2D eigenvalue weighted by Crippen LogP contribution is 2.63. The molecule has 0 bridgehead atoms. The number of amides is 1. The average molecular weight is 346 g/mol. The van der Waals surface area contributed by atoms with Gasteiger partial charge in [0, 0.05) is 29.5 Å². The highest BCUT2D eigenvalue weighted by molar-refractivity contribution is 5.94. The summed E-state index contributed by atoms with van der Waals surface area (Å²) in [6.45, 7) is 2.28. The van der Waals surface area contributed by atoms with E-state index >= 15 is 0 Å². The van der Waals surface area contributed by atoms with Gasteiger partial charge < -0.3 is 5.32 Å². The molecule has 0 spiro atoms. The molecule has 3 atom stereocenters. The van der Waals surface area contributed by atoms with Crippen LogP contribution in [0.2, 0.25) is 0 Å². The molecule has 0 saturated heterocycles. The minimum Gasteiger partial charge on any atom is -0.352 e. The minimum atomic E-state index is -2.47. The van der Waals surface area contributed by atoms with Crippen molar-refractivity contribution in [3.63, 3.8) is 0 Å². The molecule has 1 amide bonds. The number of hydrogen-bond acceptors (Lipinski definition) is 3. The van der Waals surface area contributed by atoms with Crippen molar-refractivity contribution in [1.82, 2.24) is 20.5 Å². The number of hydrogen-bond donors (Lipinski definition) is 2. The Kier molecular flexibility index (Phi) is 3.81. The van der Waals surface area contributed by atoms with E-state index in [0.29, 0.717) is 30.8 Å². The van der Waals surface area contributed by atoms with Crippen molar-refractivity contribution in [3.8, 4) is 11.4 Å². The first-order valence-electron chi connectivity index (χ1n) is 8.60. The molecule has 2 fully saturated rings. The topological polar surface area (TPSA) is 70.7 Å². The molecule has 2 aromatic rings. The predicted octanol–water partition coefficient (Wildman–Crippen LogP) is 3.19. The molecule has 4 rings (SSSR count). The van der Waals surface area contributed by atoms with E-state index in [-0.39, 0.29) is 11.8 Å². The molecule has 2 aliphatic carbocycles. The third-order valence-electron chi connectivity index (χ3n) is 5.39. The van der Waals surface area contributed by atoms with Crippen LogP contribution < -0.4 is 5.32 Å². The van der Waals surface area contributed by atoms with Gasteiger partial charge in [-0.1, -0.05) is 12.1 Å². The standard InChI is InChI=1S/C18H20F2N4O/c1-10-22-16(24-23-10)12-3-5-13(6-4-12)17(25)21-9-11-2-7-14-15(8-11)18(14,19)20/h3-6,11,14-15H,2,7-9H2,1H3,(H,21,25)(H,22,23,24). The average Bonchev–Trinajstić information content (AvgIpc) is 2.94. The molecule has 132 valence electrons. The SMILES string of the molecule is Cc1nc(-c2ccc(C(=O)NCC3CCC4C(C3)C4(F)F)cc2)n[nH]1. The van der Waals surface area contributed by atoms with Crippen LogP contribution in [0.5, 0.6) is 0 Å². The summed E-state index contributed by atoms with van der Waals surface area (Å²) in [6.07, 6.45) is 1.85. The Morgan fingerprint density at radius 3 is 2.68 bits per heavy atom. The van der Waals surface area contributed by atoms with Crippen LogP contribution >= 0.6 is 0 Å². The first-order valence-corrected chi connectivity index (χ1v) is 8.60. The lowest BCUT2D eigenvalue weighted by Gasteiger charge is -2.20. The fourth-order valence-electron chi connectivity index (χ4n) is 3.83. The van der Waals surface area contributed by atoms with E-state index in [4.69, 9.17) is 0 Å². The zero-order chi connectivity index (χ0) is 17.6. The second-order valence-electron chi connectivity index (χ2n) is 7.10. The minimum absolute atomic E-state index is 0.147. The van der Waals surface area contributed by atoms with Crippen molar-refractivity contribution in [2.45, 2.75) is 32.1 Å². The fourth-order valence-corrected chi connectivity index (χ4v) is 3.83. The summed E-state index contributed by atoms with van der Waals surface area (Å²) >= 11 is 0. The Hall–Kier alpha value is -2.31. The largest absolute Gasteiger partial charge is 0.352 e. The summed E-state index contributed by atoms with van der Waals surface area (Å²) in [4.78, 5) is 16.5. The number of H-pyrrole nitrogens is 1. The second kappa shape index (κ2) is 5.89. The number of benzene rings is 1. The van der Waals surface area contributed by atoms with Crippen molar-refractivity contribution in [2.24, 2.45) is 17.8 Å². The Labute approximate surface area is 144 Å². The van der Waals surface area contributed by atoms with Gasteiger partial charge in [0.05, 0.1) is 0 Å². The number of nitrogens with zero attached hydrogens (tertiary/aromatic N) is 2. The maximum Gasteiger partial charge on any atom is 0.254 e. The van der Waals surface area contributed by atoms with Crippen LogP contribution in [0.3, 0.4) is 0 Å². The van der Waals surface area contributed by atoms with Crippen LogP contribution in [-0.4, -0.2) is 33.6 Å². The van der Waals surface area contributed by atoms with Crippen molar-refractivity contribution in [2.75, 3.05) is 6.54 Å². The van der Waals surface area contributed by atoms with Crippen molar-refractivity contribution >= 4 is 5.91 Å². The smallest absolute Gasteiger partial charge is 0.254 e. The molecule has 25 heavy (non-hydrogen) atoms. The van der Waals surface area contributed by atoms with Gasteiger partial charge in [-0.3, -0.25) is 9.89 Å². The van der Waals surface area contributed by atoms with Gasteiger partial charge in [0.25, 0.3) is 11.8 Å². The fraction of sp³-hybridized carbons (Fsp3) is 0.500.